The van der Waals surface area contributed by atoms with Crippen molar-refractivity contribution in [3.8, 4) is 0 Å². The molecular weight excluding hydrogens is 164 g/mol. The Hall–Kier alpha value is -1.16. The van der Waals surface area contributed by atoms with E-state index in [0.717, 1.165) is 13.1 Å². The molecular formula is C9H22N4. The molecule has 0 atom stereocenters. The molecule has 0 aromatic carbocycles. The lowest BCUT2D eigenvalue weighted by atomic mass is 10.5. The number of nitrogens with one attached hydrogen (secondary N) is 1. The second-order valence-electron chi connectivity index (χ2n) is 2.86. The average Bonchev–Trinajstić information content (AvgIpc) is 1.98. The summed E-state index contributed by atoms with van der Waals surface area (Å²) in [4.78, 5) is 1.90. The second kappa shape index (κ2) is 8.93. The fourth-order valence-electron chi connectivity index (χ4n) is 0.423. The zero-order chi connectivity index (χ0) is 10.9. The quantitative estimate of drug-likeness (QED) is 0.580. The molecule has 0 aliphatic rings. The van der Waals surface area contributed by atoms with Crippen LogP contribution in [0.25, 0.3) is 0 Å². The summed E-state index contributed by atoms with van der Waals surface area (Å²) in [7, 11) is 3.83. The maximum absolute atomic E-state index is 5.38. The van der Waals surface area contributed by atoms with Gasteiger partial charge in [-0.1, -0.05) is 13.2 Å². The van der Waals surface area contributed by atoms with Gasteiger partial charge in [0.15, 0.2) is 0 Å². The molecule has 0 saturated heterocycles. The second-order valence-corrected chi connectivity index (χ2v) is 2.86. The average molecular weight is 186 g/mol. The summed E-state index contributed by atoms with van der Waals surface area (Å²) < 4.78 is 0. The Kier molecular flexibility index (Phi) is 9.87. The van der Waals surface area contributed by atoms with E-state index in [1.54, 1.807) is 6.92 Å². The minimum Gasteiger partial charge on any atom is -0.403 e. The van der Waals surface area contributed by atoms with E-state index in [1.165, 1.54) is 0 Å². The first-order chi connectivity index (χ1) is 5.91. The first kappa shape index (κ1) is 14.4. The normalized spacial score (nSPS) is 8.23. The number of rotatable bonds is 4. The summed E-state index contributed by atoms with van der Waals surface area (Å²) in [6.07, 6.45) is 0. The zero-order valence-electron chi connectivity index (χ0n) is 8.93. The molecule has 0 aromatic rings. The summed E-state index contributed by atoms with van der Waals surface area (Å²) >= 11 is 0. The van der Waals surface area contributed by atoms with Crippen molar-refractivity contribution in [3.63, 3.8) is 0 Å². The van der Waals surface area contributed by atoms with Crippen molar-refractivity contribution in [3.05, 3.63) is 24.7 Å². The lowest BCUT2D eigenvalue weighted by Gasteiger charge is -2.17. The largest absolute Gasteiger partial charge is 0.403 e. The van der Waals surface area contributed by atoms with E-state index in [4.69, 9.17) is 11.5 Å². The summed E-state index contributed by atoms with van der Waals surface area (Å²) in [5.41, 5.74) is 11.0. The van der Waals surface area contributed by atoms with Crippen LogP contribution in [0.5, 0.6) is 0 Å². The van der Waals surface area contributed by atoms with E-state index in [1.807, 2.05) is 19.0 Å². The van der Waals surface area contributed by atoms with Crippen LogP contribution in [-0.2, 0) is 0 Å². The van der Waals surface area contributed by atoms with Crippen molar-refractivity contribution in [1.29, 1.82) is 0 Å². The summed E-state index contributed by atoms with van der Waals surface area (Å²) in [5, 5.41) is 3.02. The van der Waals surface area contributed by atoms with Crippen molar-refractivity contribution in [2.75, 3.05) is 27.2 Å². The molecule has 5 N–H and O–H groups in total. The number of nitrogens with zero attached hydrogens (tertiary/aromatic N) is 1. The van der Waals surface area contributed by atoms with Gasteiger partial charge < -0.3 is 21.7 Å². The topological polar surface area (TPSA) is 67.3 Å². The molecule has 4 nitrogen and oxygen atoms in total. The third-order valence-corrected chi connectivity index (χ3v) is 1.19. The maximum Gasteiger partial charge on any atom is 0.0910 e. The molecule has 0 rings (SSSR count). The number of hydrogen-bond donors (Lipinski definition) is 3. The molecule has 0 aromatic heterocycles. The van der Waals surface area contributed by atoms with E-state index < -0.39 is 0 Å². The molecule has 0 bridgehead atoms. The molecule has 0 unspecified atom stereocenters. The van der Waals surface area contributed by atoms with Crippen molar-refractivity contribution in [2.24, 2.45) is 11.5 Å². The lowest BCUT2D eigenvalue weighted by Crippen LogP contribution is -2.29. The van der Waals surface area contributed by atoms with Gasteiger partial charge in [0.05, 0.1) is 5.82 Å². The van der Waals surface area contributed by atoms with Crippen LogP contribution < -0.4 is 16.8 Å². The Balaban J connectivity index is 0. The first-order valence-electron chi connectivity index (χ1n) is 4.13. The van der Waals surface area contributed by atoms with Crippen LogP contribution >= 0.6 is 0 Å². The van der Waals surface area contributed by atoms with Gasteiger partial charge in [-0.25, -0.2) is 0 Å². The van der Waals surface area contributed by atoms with Crippen LogP contribution in [0.2, 0.25) is 0 Å². The van der Waals surface area contributed by atoms with E-state index in [-0.39, 0.29) is 0 Å². The Labute approximate surface area is 81.3 Å². The van der Waals surface area contributed by atoms with Crippen LogP contribution in [0, 0.1) is 0 Å². The van der Waals surface area contributed by atoms with Gasteiger partial charge in [-0.2, -0.15) is 0 Å². The third-order valence-electron chi connectivity index (χ3n) is 1.19. The van der Waals surface area contributed by atoms with E-state index in [9.17, 15) is 0 Å². The SMILES string of the molecule is C=C(C)N.C=C(N)N(C)CCNC. The summed E-state index contributed by atoms with van der Waals surface area (Å²) in [6.45, 7) is 10.5. The smallest absolute Gasteiger partial charge is 0.0910 e. The molecule has 13 heavy (non-hydrogen) atoms. The van der Waals surface area contributed by atoms with Crippen molar-refractivity contribution in [2.45, 2.75) is 6.92 Å². The predicted octanol–water partition coefficient (Wildman–Crippen LogP) is 0.0462. The molecule has 0 aliphatic carbocycles. The predicted molar refractivity (Wildman–Crippen MR) is 58.9 cm³/mol. The van der Waals surface area contributed by atoms with Crippen molar-refractivity contribution in [1.82, 2.24) is 10.2 Å². The van der Waals surface area contributed by atoms with E-state index in [2.05, 4.69) is 18.5 Å². The minimum atomic E-state index is 0.616. The lowest BCUT2D eigenvalue weighted by molar-refractivity contribution is 0.412. The Morgan fingerprint density at radius 2 is 1.77 bits per heavy atom. The van der Waals surface area contributed by atoms with Gasteiger partial charge in [0.25, 0.3) is 0 Å². The van der Waals surface area contributed by atoms with Gasteiger partial charge >= 0.3 is 0 Å². The minimum absolute atomic E-state index is 0.616. The molecule has 0 amide bonds. The number of allylic oxidation sites excluding steroid dienone is 1. The highest BCUT2D eigenvalue weighted by atomic mass is 15.2. The van der Waals surface area contributed by atoms with Crippen LogP contribution in [0.1, 0.15) is 6.92 Å². The Morgan fingerprint density at radius 3 is 2.00 bits per heavy atom. The number of nitrogens with two attached hydrogens (primary N) is 2. The molecule has 78 valence electrons. The van der Waals surface area contributed by atoms with Gasteiger partial charge in [-0.15, -0.1) is 0 Å². The molecule has 0 spiro atoms. The van der Waals surface area contributed by atoms with Crippen LogP contribution in [0.3, 0.4) is 0 Å². The molecule has 0 radical (unpaired) electrons. The standard InChI is InChI=1S/C6H15N3.C3H7N/c1-6(7)9(3)5-4-8-2;1-3(2)4/h8H,1,4-5,7H2,2-3H3;1,4H2,2H3. The number of hydrogen-bond acceptors (Lipinski definition) is 4. The zero-order valence-corrected chi connectivity index (χ0v) is 8.93. The molecule has 0 aliphatic heterocycles. The van der Waals surface area contributed by atoms with Gasteiger partial charge in [0.1, 0.15) is 0 Å². The van der Waals surface area contributed by atoms with Gasteiger partial charge in [0.2, 0.25) is 0 Å². The van der Waals surface area contributed by atoms with Crippen LogP contribution in [-0.4, -0.2) is 32.1 Å². The molecule has 4 heteroatoms. The summed E-state index contributed by atoms with van der Waals surface area (Å²) in [5.74, 6) is 0.616. The van der Waals surface area contributed by atoms with Crippen LogP contribution in [0.4, 0.5) is 0 Å². The third kappa shape index (κ3) is 18.1. The summed E-state index contributed by atoms with van der Waals surface area (Å²) in [6, 6.07) is 0. The van der Waals surface area contributed by atoms with Crippen molar-refractivity contribution >= 4 is 0 Å². The van der Waals surface area contributed by atoms with Gasteiger partial charge in [-0.3, -0.25) is 0 Å². The molecule has 0 fully saturated rings. The Bertz CT molecular complexity index is 150. The highest BCUT2D eigenvalue weighted by molar-refractivity contribution is 4.83. The monoisotopic (exact) mass is 186 g/mol. The highest BCUT2D eigenvalue weighted by Crippen LogP contribution is 1.85. The number of likely N-dealkylation sites (N-methyl/N-ethyl adjacent to an activating group) is 2. The van der Waals surface area contributed by atoms with Crippen LogP contribution in [0.15, 0.2) is 24.7 Å². The maximum atomic E-state index is 5.38. The van der Waals surface area contributed by atoms with Gasteiger partial charge in [-0.05, 0) is 19.7 Å². The Morgan fingerprint density at radius 1 is 1.38 bits per heavy atom. The molecule has 0 heterocycles. The first-order valence-corrected chi connectivity index (χ1v) is 4.13. The highest BCUT2D eigenvalue weighted by Gasteiger charge is 1.92. The molecule has 0 saturated carbocycles. The fraction of sp³-hybridized carbons (Fsp3) is 0.556. The van der Waals surface area contributed by atoms with E-state index in [0.29, 0.717) is 11.5 Å². The van der Waals surface area contributed by atoms with Gasteiger partial charge in [0, 0.05) is 20.1 Å². The fourth-order valence-corrected chi connectivity index (χ4v) is 0.423. The van der Waals surface area contributed by atoms with Crippen molar-refractivity contribution < 1.29 is 0 Å². The van der Waals surface area contributed by atoms with E-state index >= 15 is 0 Å².